The molecule has 12 nitrogen and oxygen atoms in total. The number of anilines is 1. The van der Waals surface area contributed by atoms with Crippen molar-refractivity contribution in [2.45, 2.75) is 84.2 Å². The Balaban J connectivity index is 1.43. The molecule has 0 aliphatic heterocycles. The number of aromatic nitrogens is 4. The largest absolute Gasteiger partial charge is 0.478 e. The molecule has 0 saturated heterocycles. The molecule has 0 spiro atoms. The molecule has 264 valence electrons. The van der Waals surface area contributed by atoms with Crippen LogP contribution in [0.15, 0.2) is 70.1 Å². The van der Waals surface area contributed by atoms with Gasteiger partial charge >= 0.3 is 5.97 Å². The second-order valence-electron chi connectivity index (χ2n) is 13.4. The average molecular weight is 701 g/mol. The highest BCUT2D eigenvalue weighted by molar-refractivity contribution is 7.92. The lowest BCUT2D eigenvalue weighted by Crippen LogP contribution is -2.40. The molecule has 0 aliphatic rings. The molecule has 3 heterocycles. The highest BCUT2D eigenvalue weighted by atomic mass is 32.2. The van der Waals surface area contributed by atoms with Crippen molar-refractivity contribution in [3.8, 4) is 17.1 Å². The molecule has 1 unspecified atom stereocenters. The minimum Gasteiger partial charge on any atom is -0.478 e. The fourth-order valence-electron chi connectivity index (χ4n) is 5.81. The van der Waals surface area contributed by atoms with Gasteiger partial charge in [0.2, 0.25) is 17.5 Å². The molecule has 0 aliphatic carbocycles. The van der Waals surface area contributed by atoms with E-state index in [1.807, 2.05) is 38.1 Å². The van der Waals surface area contributed by atoms with Crippen LogP contribution in [0.5, 0.6) is 5.88 Å². The average Bonchev–Trinajstić information content (AvgIpc) is 3.50. The van der Waals surface area contributed by atoms with E-state index in [1.165, 1.54) is 18.2 Å². The number of carboxylic acids is 1. The molecule has 5 rings (SSSR count). The first-order valence-corrected chi connectivity index (χ1v) is 18.1. The molecule has 5 aromatic rings. The van der Waals surface area contributed by atoms with Gasteiger partial charge in [-0.05, 0) is 49.1 Å². The third-order valence-electron chi connectivity index (χ3n) is 8.66. The fraction of sp³-hybridized carbons (Fsp3) is 0.378. The molecule has 0 bridgehead atoms. The smallest absolute Gasteiger partial charge is 0.335 e. The van der Waals surface area contributed by atoms with E-state index < -0.39 is 16.0 Å². The van der Waals surface area contributed by atoms with E-state index in [-0.39, 0.29) is 46.3 Å². The molecule has 2 aromatic carbocycles. The summed E-state index contributed by atoms with van der Waals surface area (Å²) in [6.07, 6.45) is 3.51. The molecule has 0 amide bonds. The summed E-state index contributed by atoms with van der Waals surface area (Å²) in [5.41, 5.74) is 4.84. The Morgan fingerprint density at radius 3 is 2.34 bits per heavy atom. The number of carbonyl (C=O) groups is 1. The third-order valence-corrected chi connectivity index (χ3v) is 9.98. The topological polar surface area (TPSA) is 169 Å². The van der Waals surface area contributed by atoms with Gasteiger partial charge in [0, 0.05) is 35.7 Å². The van der Waals surface area contributed by atoms with Crippen LogP contribution in [0.4, 0.5) is 5.95 Å². The van der Waals surface area contributed by atoms with Crippen molar-refractivity contribution < 1.29 is 27.5 Å². The van der Waals surface area contributed by atoms with Crippen LogP contribution in [-0.4, -0.2) is 52.1 Å². The molecule has 3 aromatic heterocycles. The van der Waals surface area contributed by atoms with Crippen molar-refractivity contribution in [3.63, 3.8) is 0 Å². The number of hydrogen-bond acceptors (Lipinski definition) is 10. The first-order valence-electron chi connectivity index (χ1n) is 16.6. The second-order valence-corrected chi connectivity index (χ2v) is 15.1. The standard InChI is InChI=1S/C37H44N6O6S/c1-8-24(9-2)30(38-19-26-20-39-34-29(40-26)17-31(49-34)37(5,6)7)21-48-32-18-28(33-22(3)12-10-13-23(33)4)41-36(42-32)43-50(46,47)27-15-11-14-25(16-27)35(44)45/h10-18,20,24,30,38H,8-9,19,21H2,1-7H3,(H,44,45)(H,41,42,43). The van der Waals surface area contributed by atoms with Crippen LogP contribution in [0.2, 0.25) is 0 Å². The Labute approximate surface area is 292 Å². The third kappa shape index (κ3) is 8.45. The van der Waals surface area contributed by atoms with Gasteiger partial charge in [-0.15, -0.1) is 0 Å². The summed E-state index contributed by atoms with van der Waals surface area (Å²) in [5.74, 6) is -0.183. The number of aryl methyl sites for hydroxylation is 2. The summed E-state index contributed by atoms with van der Waals surface area (Å²) < 4.78 is 41.5. The van der Waals surface area contributed by atoms with Crippen LogP contribution in [0.25, 0.3) is 22.5 Å². The van der Waals surface area contributed by atoms with Gasteiger partial charge in [0.1, 0.15) is 17.9 Å². The maximum absolute atomic E-state index is 13.4. The maximum atomic E-state index is 13.4. The van der Waals surface area contributed by atoms with E-state index in [0.29, 0.717) is 23.5 Å². The summed E-state index contributed by atoms with van der Waals surface area (Å²) in [6, 6.07) is 14.5. The number of aromatic carboxylic acids is 1. The van der Waals surface area contributed by atoms with Crippen LogP contribution in [0, 0.1) is 19.8 Å². The molecule has 13 heteroatoms. The number of carboxylic acid groups (broad SMARTS) is 1. The summed E-state index contributed by atoms with van der Waals surface area (Å²) in [7, 11) is -4.25. The number of sulfonamides is 1. The van der Waals surface area contributed by atoms with E-state index in [9.17, 15) is 18.3 Å². The number of furan rings is 1. The van der Waals surface area contributed by atoms with E-state index in [4.69, 9.17) is 14.1 Å². The first-order chi connectivity index (χ1) is 23.7. The molecule has 1 atom stereocenters. The lowest BCUT2D eigenvalue weighted by atomic mass is 9.93. The number of rotatable bonds is 14. The van der Waals surface area contributed by atoms with Crippen LogP contribution in [0.3, 0.4) is 0 Å². The lowest BCUT2D eigenvalue weighted by molar-refractivity contribution is 0.0696. The SMILES string of the molecule is CCC(CC)C(COc1cc(-c2c(C)cccc2C)nc(NS(=O)(=O)c2cccc(C(=O)O)c2)n1)NCc1cnc2oc(C(C)(C)C)cc2n1. The van der Waals surface area contributed by atoms with Gasteiger partial charge in [-0.3, -0.25) is 0 Å². The highest BCUT2D eigenvalue weighted by Gasteiger charge is 2.24. The Kier molecular flexibility index (Phi) is 10.9. The normalized spacial score (nSPS) is 12.7. The Bertz CT molecular complexity index is 2080. The van der Waals surface area contributed by atoms with E-state index >= 15 is 0 Å². The monoisotopic (exact) mass is 700 g/mol. The Morgan fingerprint density at radius 2 is 1.68 bits per heavy atom. The second kappa shape index (κ2) is 14.9. The minimum absolute atomic E-state index is 0.102. The number of nitrogens with one attached hydrogen (secondary N) is 2. The number of nitrogens with zero attached hydrogens (tertiary/aromatic N) is 4. The molecular formula is C37H44N6O6S. The van der Waals surface area contributed by atoms with Gasteiger partial charge in [0.05, 0.1) is 28.0 Å². The molecule has 0 saturated carbocycles. The zero-order valence-corrected chi connectivity index (χ0v) is 30.3. The van der Waals surface area contributed by atoms with E-state index in [1.54, 1.807) is 12.3 Å². The number of benzene rings is 2. The van der Waals surface area contributed by atoms with E-state index in [2.05, 4.69) is 59.6 Å². The van der Waals surface area contributed by atoms with Crippen molar-refractivity contribution >= 4 is 33.2 Å². The Morgan fingerprint density at radius 1 is 0.980 bits per heavy atom. The van der Waals surface area contributed by atoms with Crippen LogP contribution < -0.4 is 14.8 Å². The van der Waals surface area contributed by atoms with Gasteiger partial charge in [-0.25, -0.2) is 32.9 Å². The van der Waals surface area contributed by atoms with Gasteiger partial charge < -0.3 is 19.6 Å². The summed E-state index contributed by atoms with van der Waals surface area (Å²) in [6.45, 7) is 15.1. The fourth-order valence-corrected chi connectivity index (χ4v) is 6.80. The lowest BCUT2D eigenvalue weighted by Gasteiger charge is -2.26. The molecule has 0 fully saturated rings. The minimum atomic E-state index is -4.25. The van der Waals surface area contributed by atoms with Crippen LogP contribution in [0.1, 0.15) is 80.4 Å². The predicted octanol–water partition coefficient (Wildman–Crippen LogP) is 7.07. The van der Waals surface area contributed by atoms with Crippen molar-refractivity contribution in [1.29, 1.82) is 0 Å². The number of ether oxygens (including phenoxy) is 1. The van der Waals surface area contributed by atoms with Crippen LogP contribution >= 0.6 is 0 Å². The molecule has 0 radical (unpaired) electrons. The quantitative estimate of drug-likeness (QED) is 0.108. The van der Waals surface area contributed by atoms with Gasteiger partial charge in [0.15, 0.2) is 0 Å². The summed E-state index contributed by atoms with van der Waals surface area (Å²) in [5, 5.41) is 13.0. The summed E-state index contributed by atoms with van der Waals surface area (Å²) >= 11 is 0. The molecule has 3 N–H and O–H groups in total. The highest BCUT2D eigenvalue weighted by Crippen LogP contribution is 2.30. The molecule has 50 heavy (non-hydrogen) atoms. The predicted molar refractivity (Wildman–Crippen MR) is 192 cm³/mol. The van der Waals surface area contributed by atoms with Gasteiger partial charge in [-0.1, -0.05) is 71.7 Å². The van der Waals surface area contributed by atoms with Crippen LogP contribution in [-0.2, 0) is 22.0 Å². The van der Waals surface area contributed by atoms with E-state index in [0.717, 1.165) is 47.1 Å². The zero-order chi connectivity index (χ0) is 36.2. The zero-order valence-electron chi connectivity index (χ0n) is 29.4. The van der Waals surface area contributed by atoms with Gasteiger partial charge in [-0.2, -0.15) is 4.98 Å². The van der Waals surface area contributed by atoms with Crippen molar-refractivity contribution in [1.82, 2.24) is 25.3 Å². The van der Waals surface area contributed by atoms with Crippen molar-refractivity contribution in [2.24, 2.45) is 5.92 Å². The van der Waals surface area contributed by atoms with Crippen molar-refractivity contribution in [3.05, 3.63) is 88.9 Å². The number of hydrogen-bond donors (Lipinski definition) is 3. The number of fused-ring (bicyclic) bond motifs is 1. The van der Waals surface area contributed by atoms with Gasteiger partial charge in [0.25, 0.3) is 10.0 Å². The Hall–Kier alpha value is -4.88. The first kappa shape index (κ1) is 36.4. The summed E-state index contributed by atoms with van der Waals surface area (Å²) in [4.78, 5) is 29.6. The maximum Gasteiger partial charge on any atom is 0.335 e. The van der Waals surface area contributed by atoms with Crippen molar-refractivity contribution in [2.75, 3.05) is 11.3 Å². The molecular weight excluding hydrogens is 657 g/mol.